The molecule has 0 amide bonds. The summed E-state index contributed by atoms with van der Waals surface area (Å²) in [5.41, 5.74) is -0.282. The average molecular weight is 469 g/mol. The molecule has 1 aliphatic carbocycles. The summed E-state index contributed by atoms with van der Waals surface area (Å²) in [5.74, 6) is -0.0254. The number of H-pyrrole nitrogens is 3. The number of rotatable bonds is 3. The summed E-state index contributed by atoms with van der Waals surface area (Å²) in [5, 5.41) is 14.6. The van der Waals surface area contributed by atoms with Crippen molar-refractivity contribution in [1.82, 2.24) is 30.4 Å². The third kappa shape index (κ3) is 3.13. The fourth-order valence-corrected chi connectivity index (χ4v) is 4.46. The first-order valence-electron chi connectivity index (χ1n) is 10.4. The highest BCUT2D eigenvalue weighted by molar-refractivity contribution is 5.92. The van der Waals surface area contributed by atoms with Crippen LogP contribution in [-0.4, -0.2) is 30.4 Å². The Labute approximate surface area is 187 Å². The molecule has 0 fully saturated rings. The van der Waals surface area contributed by atoms with Gasteiger partial charge in [0.2, 0.25) is 0 Å². The van der Waals surface area contributed by atoms with E-state index in [1.807, 2.05) is 0 Å². The van der Waals surface area contributed by atoms with E-state index in [-0.39, 0.29) is 16.9 Å². The maximum atomic E-state index is 14.1. The first kappa shape index (κ1) is 20.4. The minimum atomic E-state index is -4.82. The molecule has 8 nitrogen and oxygen atoms in total. The Bertz CT molecular complexity index is 1650. The quantitative estimate of drug-likeness (QED) is 0.289. The van der Waals surface area contributed by atoms with E-state index in [1.54, 1.807) is 0 Å². The van der Waals surface area contributed by atoms with Gasteiger partial charge in [0, 0.05) is 22.2 Å². The Kier molecular flexibility index (Phi) is 4.28. The average Bonchev–Trinajstić information content (AvgIpc) is 3.52. The van der Waals surface area contributed by atoms with Gasteiger partial charge in [-0.25, -0.2) is 14.4 Å². The van der Waals surface area contributed by atoms with Crippen molar-refractivity contribution < 1.29 is 17.6 Å². The molecule has 0 bridgehead atoms. The SMILES string of the molecule is O=c1[nH][nH]c2ccc(-c3nc4c(c(Nc5n[nH]c6ccc(F)cc56)n3)CCC4)c(C(F)(F)F)c12. The monoisotopic (exact) mass is 469 g/mol. The van der Waals surface area contributed by atoms with Crippen LogP contribution in [0, 0.1) is 5.82 Å². The zero-order chi connectivity index (χ0) is 23.6. The van der Waals surface area contributed by atoms with Crippen LogP contribution in [0.4, 0.5) is 29.2 Å². The molecular formula is C22H15F4N7O. The molecule has 3 aromatic heterocycles. The summed E-state index contributed by atoms with van der Waals surface area (Å²) in [6.07, 6.45) is -2.85. The molecule has 0 radical (unpaired) electrons. The lowest BCUT2D eigenvalue weighted by molar-refractivity contribution is -0.135. The zero-order valence-electron chi connectivity index (χ0n) is 17.3. The molecule has 1 aliphatic rings. The molecule has 172 valence electrons. The van der Waals surface area contributed by atoms with Crippen molar-refractivity contribution in [2.45, 2.75) is 25.4 Å². The number of benzene rings is 2. The summed E-state index contributed by atoms with van der Waals surface area (Å²) in [4.78, 5) is 21.0. The fourth-order valence-electron chi connectivity index (χ4n) is 4.46. The van der Waals surface area contributed by atoms with Crippen LogP contribution in [0.3, 0.4) is 0 Å². The minimum Gasteiger partial charge on any atom is -0.323 e. The second-order valence-electron chi connectivity index (χ2n) is 8.05. The Balaban J connectivity index is 1.55. The van der Waals surface area contributed by atoms with Crippen LogP contribution in [0.1, 0.15) is 23.2 Å². The van der Waals surface area contributed by atoms with Gasteiger partial charge in [-0.15, -0.1) is 0 Å². The van der Waals surface area contributed by atoms with E-state index in [9.17, 15) is 22.4 Å². The Morgan fingerprint density at radius 1 is 0.971 bits per heavy atom. The largest absolute Gasteiger partial charge is 0.417 e. The second-order valence-corrected chi connectivity index (χ2v) is 8.05. The van der Waals surface area contributed by atoms with Crippen molar-refractivity contribution in [3.63, 3.8) is 0 Å². The summed E-state index contributed by atoms with van der Waals surface area (Å²) in [6.45, 7) is 0. The van der Waals surface area contributed by atoms with E-state index in [2.05, 4.69) is 35.7 Å². The van der Waals surface area contributed by atoms with Gasteiger partial charge in [-0.2, -0.15) is 18.3 Å². The van der Waals surface area contributed by atoms with E-state index >= 15 is 0 Å². The van der Waals surface area contributed by atoms with E-state index in [0.29, 0.717) is 41.1 Å². The summed E-state index contributed by atoms with van der Waals surface area (Å²) >= 11 is 0. The lowest BCUT2D eigenvalue weighted by Crippen LogP contribution is -2.14. The van der Waals surface area contributed by atoms with Crippen molar-refractivity contribution >= 4 is 33.4 Å². The van der Waals surface area contributed by atoms with Crippen LogP contribution in [0.2, 0.25) is 0 Å². The Morgan fingerprint density at radius 2 is 1.79 bits per heavy atom. The molecule has 0 saturated carbocycles. The van der Waals surface area contributed by atoms with E-state index < -0.39 is 28.5 Å². The normalized spacial score (nSPS) is 13.6. The number of anilines is 2. The Morgan fingerprint density at radius 3 is 2.62 bits per heavy atom. The lowest BCUT2D eigenvalue weighted by Gasteiger charge is -2.15. The molecule has 2 aromatic carbocycles. The third-order valence-electron chi connectivity index (χ3n) is 5.96. The van der Waals surface area contributed by atoms with Gasteiger partial charge < -0.3 is 5.32 Å². The fraction of sp³-hybridized carbons (Fsp3) is 0.182. The third-order valence-corrected chi connectivity index (χ3v) is 5.96. The van der Waals surface area contributed by atoms with E-state index in [4.69, 9.17) is 0 Å². The first-order chi connectivity index (χ1) is 16.3. The number of alkyl halides is 3. The standard InChI is InChI=1S/C22H15F4N7O/c23-9-4-6-14-12(8-9)20(32-30-14)29-18-10-2-1-3-13(10)27-19(28-18)11-5-7-15-16(21(34)33-31-15)17(11)22(24,25)26/h4-8H,1-3H2,(H2,31,33,34)(H2,27,28,29,30,32). The molecule has 0 unspecified atom stereocenters. The van der Waals surface area contributed by atoms with Gasteiger partial charge in [0.25, 0.3) is 5.56 Å². The summed E-state index contributed by atoms with van der Waals surface area (Å²) in [6, 6.07) is 6.76. The van der Waals surface area contributed by atoms with Crippen molar-refractivity contribution in [2.75, 3.05) is 5.32 Å². The number of aryl methyl sites for hydroxylation is 1. The molecule has 5 aromatic rings. The van der Waals surface area contributed by atoms with Crippen LogP contribution in [0.25, 0.3) is 33.2 Å². The minimum absolute atomic E-state index is 0.0330. The number of nitrogens with zero attached hydrogens (tertiary/aromatic N) is 3. The maximum Gasteiger partial charge on any atom is 0.417 e. The highest BCUT2D eigenvalue weighted by atomic mass is 19.4. The second kappa shape index (κ2) is 7.14. The molecule has 12 heteroatoms. The summed E-state index contributed by atoms with van der Waals surface area (Å²) in [7, 11) is 0. The Hall–Kier alpha value is -4.22. The van der Waals surface area contributed by atoms with Crippen molar-refractivity contribution in [2.24, 2.45) is 0 Å². The number of aromatic amines is 3. The van der Waals surface area contributed by atoms with Crippen LogP contribution < -0.4 is 10.9 Å². The van der Waals surface area contributed by atoms with E-state index in [0.717, 1.165) is 12.0 Å². The van der Waals surface area contributed by atoms with Gasteiger partial charge >= 0.3 is 6.18 Å². The number of fused-ring (bicyclic) bond motifs is 3. The van der Waals surface area contributed by atoms with Crippen molar-refractivity contribution in [3.8, 4) is 11.4 Å². The van der Waals surface area contributed by atoms with E-state index in [1.165, 1.54) is 30.3 Å². The number of hydrogen-bond donors (Lipinski definition) is 4. The highest BCUT2D eigenvalue weighted by Gasteiger charge is 2.38. The number of aromatic nitrogens is 6. The van der Waals surface area contributed by atoms with Gasteiger partial charge in [0.1, 0.15) is 11.6 Å². The van der Waals surface area contributed by atoms with Crippen molar-refractivity contribution in [3.05, 3.63) is 63.3 Å². The van der Waals surface area contributed by atoms with Gasteiger partial charge in [0.15, 0.2) is 11.6 Å². The molecular weight excluding hydrogens is 454 g/mol. The molecule has 3 heterocycles. The zero-order valence-corrected chi connectivity index (χ0v) is 17.3. The van der Waals surface area contributed by atoms with Gasteiger partial charge in [-0.3, -0.25) is 20.1 Å². The first-order valence-corrected chi connectivity index (χ1v) is 10.4. The van der Waals surface area contributed by atoms with Gasteiger partial charge in [-0.1, -0.05) is 0 Å². The molecule has 0 spiro atoms. The van der Waals surface area contributed by atoms with Crippen LogP contribution in [-0.2, 0) is 19.0 Å². The molecule has 6 rings (SSSR count). The summed E-state index contributed by atoms with van der Waals surface area (Å²) < 4.78 is 56.2. The molecule has 4 N–H and O–H groups in total. The highest BCUT2D eigenvalue weighted by Crippen LogP contribution is 2.41. The molecule has 0 atom stereocenters. The predicted molar refractivity (Wildman–Crippen MR) is 116 cm³/mol. The molecule has 0 saturated heterocycles. The number of nitrogens with one attached hydrogen (secondary N) is 4. The molecule has 34 heavy (non-hydrogen) atoms. The smallest absolute Gasteiger partial charge is 0.323 e. The number of hydrogen-bond acceptors (Lipinski definition) is 5. The topological polar surface area (TPSA) is 115 Å². The maximum absolute atomic E-state index is 14.1. The van der Waals surface area contributed by atoms with Gasteiger partial charge in [-0.05, 0) is 49.6 Å². The van der Waals surface area contributed by atoms with Crippen LogP contribution in [0.5, 0.6) is 0 Å². The number of halogens is 4. The van der Waals surface area contributed by atoms with Crippen molar-refractivity contribution in [1.29, 1.82) is 0 Å². The van der Waals surface area contributed by atoms with Crippen LogP contribution >= 0.6 is 0 Å². The molecule has 0 aliphatic heterocycles. The van der Waals surface area contributed by atoms with Gasteiger partial charge in [0.05, 0.1) is 22.0 Å². The lowest BCUT2D eigenvalue weighted by atomic mass is 10.0. The predicted octanol–water partition coefficient (Wildman–Crippen LogP) is 4.58. The van der Waals surface area contributed by atoms with Crippen LogP contribution in [0.15, 0.2) is 35.1 Å².